The van der Waals surface area contributed by atoms with Gasteiger partial charge in [-0.2, -0.15) is 0 Å². The van der Waals surface area contributed by atoms with Gasteiger partial charge >= 0.3 is 0 Å². The van der Waals surface area contributed by atoms with Crippen LogP contribution in [0.2, 0.25) is 0 Å². The Hall–Kier alpha value is -1.05. The monoisotopic (exact) mass is 332 g/mol. The Morgan fingerprint density at radius 1 is 1.23 bits per heavy atom. The predicted molar refractivity (Wildman–Crippen MR) is 81.0 cm³/mol. The van der Waals surface area contributed by atoms with Gasteiger partial charge in [-0.05, 0) is 57.8 Å². The van der Waals surface area contributed by atoms with Crippen molar-refractivity contribution in [3.05, 3.63) is 29.8 Å². The van der Waals surface area contributed by atoms with Crippen molar-refractivity contribution in [2.75, 3.05) is 19.6 Å². The molecule has 0 aliphatic carbocycles. The summed E-state index contributed by atoms with van der Waals surface area (Å²) in [4.78, 5) is 1.44. The molecule has 1 aromatic rings. The van der Waals surface area contributed by atoms with Gasteiger partial charge in [0.25, 0.3) is 0 Å². The Balaban J connectivity index is 1.97. The first-order valence-electron chi connectivity index (χ1n) is 7.49. The quantitative estimate of drug-likeness (QED) is 0.900. The van der Waals surface area contributed by atoms with Crippen LogP contribution in [0.25, 0.3) is 0 Å². The maximum atomic E-state index is 13.6. The molecular formula is C15H22F2N2O2S. The highest BCUT2D eigenvalue weighted by atomic mass is 32.2. The Labute approximate surface area is 130 Å². The average molecular weight is 332 g/mol. The molecular weight excluding hydrogens is 310 g/mol. The minimum absolute atomic E-state index is 0.194. The van der Waals surface area contributed by atoms with E-state index >= 15 is 0 Å². The van der Waals surface area contributed by atoms with Crippen LogP contribution in [0.15, 0.2) is 23.1 Å². The summed E-state index contributed by atoms with van der Waals surface area (Å²) >= 11 is 0. The average Bonchev–Trinajstić information content (AvgIpc) is 2.45. The fourth-order valence-corrected chi connectivity index (χ4v) is 3.96. The molecule has 124 valence electrons. The third-order valence-corrected chi connectivity index (χ3v) is 5.60. The topological polar surface area (TPSA) is 49.4 Å². The first kappa shape index (κ1) is 17.3. The zero-order valence-electron chi connectivity index (χ0n) is 12.9. The van der Waals surface area contributed by atoms with Crippen molar-refractivity contribution in [1.29, 1.82) is 0 Å². The van der Waals surface area contributed by atoms with Gasteiger partial charge in [-0.25, -0.2) is 21.9 Å². The lowest BCUT2D eigenvalue weighted by molar-refractivity contribution is 0.150. The van der Waals surface area contributed by atoms with Crippen LogP contribution in [0.3, 0.4) is 0 Å². The van der Waals surface area contributed by atoms with E-state index in [1.807, 2.05) is 0 Å². The lowest BCUT2D eigenvalue weighted by Crippen LogP contribution is -2.41. The van der Waals surface area contributed by atoms with Crippen molar-refractivity contribution < 1.29 is 17.2 Å². The predicted octanol–water partition coefficient (Wildman–Crippen LogP) is 2.36. The Morgan fingerprint density at radius 3 is 2.27 bits per heavy atom. The fourth-order valence-electron chi connectivity index (χ4n) is 2.71. The molecule has 1 aliphatic rings. The van der Waals surface area contributed by atoms with E-state index in [1.165, 1.54) is 0 Å². The number of hydrogen-bond acceptors (Lipinski definition) is 3. The molecule has 0 unspecified atom stereocenters. The second-order valence-electron chi connectivity index (χ2n) is 5.98. The standard InChI is InChI=1S/C15H22F2N2O2S/c1-11(2)19-8-6-12(7-9-19)10-18-22(20,21)15-13(16)4-3-5-14(15)17/h3-5,11-12,18H,6-10H2,1-2H3. The SMILES string of the molecule is CC(C)N1CCC(CNS(=O)(=O)c2c(F)cccc2F)CC1. The van der Waals surface area contributed by atoms with Gasteiger partial charge in [0.15, 0.2) is 4.90 Å². The van der Waals surface area contributed by atoms with Crippen LogP contribution in [0.4, 0.5) is 8.78 Å². The number of rotatable bonds is 5. The summed E-state index contributed by atoms with van der Waals surface area (Å²) in [5.74, 6) is -1.94. The summed E-state index contributed by atoms with van der Waals surface area (Å²) in [5.41, 5.74) is 0. The largest absolute Gasteiger partial charge is 0.301 e. The normalized spacial score (nSPS) is 18.0. The van der Waals surface area contributed by atoms with E-state index in [9.17, 15) is 17.2 Å². The molecule has 4 nitrogen and oxygen atoms in total. The van der Waals surface area contributed by atoms with E-state index < -0.39 is 26.6 Å². The van der Waals surface area contributed by atoms with E-state index in [0.29, 0.717) is 6.04 Å². The van der Waals surface area contributed by atoms with Gasteiger partial charge < -0.3 is 4.90 Å². The van der Waals surface area contributed by atoms with Crippen molar-refractivity contribution >= 4 is 10.0 Å². The zero-order chi connectivity index (χ0) is 16.3. The van der Waals surface area contributed by atoms with E-state index in [4.69, 9.17) is 0 Å². The van der Waals surface area contributed by atoms with E-state index in [2.05, 4.69) is 23.5 Å². The number of nitrogens with one attached hydrogen (secondary N) is 1. The molecule has 1 fully saturated rings. The van der Waals surface area contributed by atoms with Gasteiger partial charge in [0.1, 0.15) is 11.6 Å². The lowest BCUT2D eigenvalue weighted by atomic mass is 9.96. The van der Waals surface area contributed by atoms with Crippen molar-refractivity contribution in [3.8, 4) is 0 Å². The number of halogens is 2. The van der Waals surface area contributed by atoms with Crippen molar-refractivity contribution in [1.82, 2.24) is 9.62 Å². The number of sulfonamides is 1. The van der Waals surface area contributed by atoms with E-state index in [-0.39, 0.29) is 12.5 Å². The Kier molecular flexibility index (Phi) is 5.52. The van der Waals surface area contributed by atoms with Crippen LogP contribution in [0, 0.1) is 17.6 Å². The molecule has 1 saturated heterocycles. The molecule has 22 heavy (non-hydrogen) atoms. The molecule has 1 aromatic carbocycles. The number of likely N-dealkylation sites (tertiary alicyclic amines) is 1. The van der Waals surface area contributed by atoms with Crippen LogP contribution in [0.1, 0.15) is 26.7 Å². The smallest absolute Gasteiger partial charge is 0.246 e. The Morgan fingerprint density at radius 2 is 1.77 bits per heavy atom. The summed E-state index contributed by atoms with van der Waals surface area (Å²) in [6.07, 6.45) is 1.75. The number of nitrogens with zero attached hydrogens (tertiary/aromatic N) is 1. The molecule has 0 spiro atoms. The van der Waals surface area contributed by atoms with Crippen LogP contribution in [-0.2, 0) is 10.0 Å². The van der Waals surface area contributed by atoms with Gasteiger partial charge in [0.2, 0.25) is 10.0 Å². The highest BCUT2D eigenvalue weighted by molar-refractivity contribution is 7.89. The molecule has 7 heteroatoms. The molecule has 1 heterocycles. The highest BCUT2D eigenvalue weighted by Gasteiger charge is 2.26. The van der Waals surface area contributed by atoms with Gasteiger partial charge in [-0.15, -0.1) is 0 Å². The first-order valence-corrected chi connectivity index (χ1v) is 8.97. The van der Waals surface area contributed by atoms with Crippen LogP contribution < -0.4 is 4.72 Å². The first-order chi connectivity index (χ1) is 10.3. The summed E-state index contributed by atoms with van der Waals surface area (Å²) in [7, 11) is -4.16. The summed E-state index contributed by atoms with van der Waals surface area (Å²) < 4.78 is 53.7. The number of piperidine rings is 1. The summed E-state index contributed by atoms with van der Waals surface area (Å²) in [5, 5.41) is 0. The molecule has 0 aromatic heterocycles. The second-order valence-corrected chi connectivity index (χ2v) is 7.68. The van der Waals surface area contributed by atoms with Crippen LogP contribution in [-0.4, -0.2) is 39.0 Å². The van der Waals surface area contributed by atoms with Crippen molar-refractivity contribution in [3.63, 3.8) is 0 Å². The number of hydrogen-bond donors (Lipinski definition) is 1. The van der Waals surface area contributed by atoms with Crippen LogP contribution >= 0.6 is 0 Å². The van der Waals surface area contributed by atoms with Gasteiger partial charge in [-0.1, -0.05) is 6.07 Å². The molecule has 0 radical (unpaired) electrons. The maximum absolute atomic E-state index is 13.6. The van der Waals surface area contributed by atoms with Crippen molar-refractivity contribution in [2.24, 2.45) is 5.92 Å². The number of benzene rings is 1. The third kappa shape index (κ3) is 4.02. The minimum atomic E-state index is -4.16. The molecule has 2 rings (SSSR count). The van der Waals surface area contributed by atoms with Crippen molar-refractivity contribution in [2.45, 2.75) is 37.6 Å². The summed E-state index contributed by atoms with van der Waals surface area (Å²) in [6, 6.07) is 3.51. The third-order valence-electron chi connectivity index (χ3n) is 4.13. The molecule has 0 bridgehead atoms. The van der Waals surface area contributed by atoms with E-state index in [0.717, 1.165) is 44.1 Å². The van der Waals surface area contributed by atoms with Gasteiger partial charge in [0.05, 0.1) is 0 Å². The summed E-state index contributed by atoms with van der Waals surface area (Å²) in [6.45, 7) is 6.30. The van der Waals surface area contributed by atoms with Crippen LogP contribution in [0.5, 0.6) is 0 Å². The molecule has 1 aliphatic heterocycles. The Bertz CT molecular complexity index is 592. The minimum Gasteiger partial charge on any atom is -0.301 e. The zero-order valence-corrected chi connectivity index (χ0v) is 13.7. The molecule has 0 amide bonds. The maximum Gasteiger partial charge on any atom is 0.246 e. The molecule has 0 saturated carbocycles. The van der Waals surface area contributed by atoms with E-state index in [1.54, 1.807) is 0 Å². The van der Waals surface area contributed by atoms with Gasteiger partial charge in [0, 0.05) is 12.6 Å². The fraction of sp³-hybridized carbons (Fsp3) is 0.600. The molecule has 1 N–H and O–H groups in total. The molecule has 0 atom stereocenters. The lowest BCUT2D eigenvalue weighted by Gasteiger charge is -2.34. The highest BCUT2D eigenvalue weighted by Crippen LogP contribution is 2.21. The second kappa shape index (κ2) is 7.02. The van der Waals surface area contributed by atoms with Gasteiger partial charge in [-0.3, -0.25) is 0 Å².